The molecule has 0 spiro atoms. The molecular weight excluding hydrogens is 268 g/mol. The minimum absolute atomic E-state index is 0.160. The minimum Gasteiger partial charge on any atom is -0.394 e. The number of hydrogen-bond acceptors (Lipinski definition) is 5. The predicted octanol–water partition coefficient (Wildman–Crippen LogP) is 1.50. The van der Waals surface area contributed by atoms with Crippen molar-refractivity contribution in [1.29, 1.82) is 0 Å². The summed E-state index contributed by atoms with van der Waals surface area (Å²) in [5.74, 6) is 0. The summed E-state index contributed by atoms with van der Waals surface area (Å²) in [6.45, 7) is 11.0. The Morgan fingerprint density at radius 3 is 2.38 bits per heavy atom. The van der Waals surface area contributed by atoms with Crippen molar-refractivity contribution in [3.63, 3.8) is 0 Å². The van der Waals surface area contributed by atoms with Crippen LogP contribution in [-0.2, 0) is 9.47 Å². The first-order valence-electron chi connectivity index (χ1n) is 8.10. The van der Waals surface area contributed by atoms with Crippen LogP contribution in [0.15, 0.2) is 0 Å². The van der Waals surface area contributed by atoms with Crippen molar-refractivity contribution in [2.24, 2.45) is 0 Å². The van der Waals surface area contributed by atoms with Gasteiger partial charge in [-0.2, -0.15) is 0 Å². The highest BCUT2D eigenvalue weighted by atomic mass is 16.5. The minimum atomic E-state index is -0.220. The fourth-order valence-corrected chi connectivity index (χ4v) is 2.57. The van der Waals surface area contributed by atoms with Crippen LogP contribution in [0.4, 0.5) is 0 Å². The molecule has 5 heteroatoms. The van der Waals surface area contributed by atoms with Crippen LogP contribution in [0.2, 0.25) is 0 Å². The molecule has 2 unspecified atom stereocenters. The standard InChI is InChI=1S/C16H36N2O3/c1-6-8-17-16(3,14-19)13-15(2)18(10-12-21-5)9-7-11-20-4/h15,17,19H,6-14H2,1-5H3. The summed E-state index contributed by atoms with van der Waals surface area (Å²) in [7, 11) is 3.47. The van der Waals surface area contributed by atoms with Crippen molar-refractivity contribution in [1.82, 2.24) is 10.2 Å². The Hall–Kier alpha value is -0.200. The second kappa shape index (κ2) is 12.4. The fraction of sp³-hybridized carbons (Fsp3) is 1.00. The van der Waals surface area contributed by atoms with Crippen molar-refractivity contribution < 1.29 is 14.6 Å². The zero-order chi connectivity index (χ0) is 16.1. The molecular formula is C16H36N2O3. The molecule has 21 heavy (non-hydrogen) atoms. The van der Waals surface area contributed by atoms with E-state index in [1.165, 1.54) is 0 Å². The van der Waals surface area contributed by atoms with Crippen molar-refractivity contribution >= 4 is 0 Å². The molecule has 0 saturated heterocycles. The van der Waals surface area contributed by atoms with Crippen LogP contribution in [0.5, 0.6) is 0 Å². The van der Waals surface area contributed by atoms with Crippen LogP contribution in [0.1, 0.15) is 40.0 Å². The summed E-state index contributed by atoms with van der Waals surface area (Å²) < 4.78 is 10.4. The van der Waals surface area contributed by atoms with Gasteiger partial charge in [0.15, 0.2) is 0 Å². The van der Waals surface area contributed by atoms with E-state index in [2.05, 4.69) is 31.0 Å². The van der Waals surface area contributed by atoms with Gasteiger partial charge in [0, 0.05) is 45.5 Å². The third-order valence-corrected chi connectivity index (χ3v) is 3.90. The fourth-order valence-electron chi connectivity index (χ4n) is 2.57. The predicted molar refractivity (Wildman–Crippen MR) is 87.8 cm³/mol. The number of aliphatic hydroxyl groups is 1. The summed E-state index contributed by atoms with van der Waals surface area (Å²) in [6.07, 6.45) is 3.01. The van der Waals surface area contributed by atoms with Crippen LogP contribution in [-0.4, -0.2) is 75.3 Å². The lowest BCUT2D eigenvalue weighted by Crippen LogP contribution is -2.51. The van der Waals surface area contributed by atoms with E-state index < -0.39 is 0 Å². The maximum atomic E-state index is 9.71. The third-order valence-electron chi connectivity index (χ3n) is 3.90. The van der Waals surface area contributed by atoms with Gasteiger partial charge in [-0.15, -0.1) is 0 Å². The zero-order valence-electron chi connectivity index (χ0n) is 14.7. The summed E-state index contributed by atoms with van der Waals surface area (Å²) in [4.78, 5) is 2.42. The second-order valence-electron chi connectivity index (χ2n) is 6.07. The first kappa shape index (κ1) is 20.8. The SMILES string of the molecule is CCCNC(C)(CO)CC(C)N(CCCOC)CCOC. The number of rotatable bonds is 14. The molecule has 0 aliphatic heterocycles. The normalized spacial score (nSPS) is 16.1. The molecule has 0 rings (SSSR count). The number of ether oxygens (including phenoxy) is 2. The Balaban J connectivity index is 4.48. The lowest BCUT2D eigenvalue weighted by Gasteiger charge is -2.37. The van der Waals surface area contributed by atoms with E-state index in [0.29, 0.717) is 6.04 Å². The van der Waals surface area contributed by atoms with Crippen LogP contribution >= 0.6 is 0 Å². The maximum Gasteiger partial charge on any atom is 0.0611 e. The zero-order valence-corrected chi connectivity index (χ0v) is 14.7. The second-order valence-corrected chi connectivity index (χ2v) is 6.07. The van der Waals surface area contributed by atoms with Gasteiger partial charge in [0.05, 0.1) is 13.2 Å². The van der Waals surface area contributed by atoms with Gasteiger partial charge in [-0.05, 0) is 39.7 Å². The molecule has 0 aliphatic rings. The molecule has 128 valence electrons. The Morgan fingerprint density at radius 2 is 1.86 bits per heavy atom. The number of hydrogen-bond donors (Lipinski definition) is 2. The van der Waals surface area contributed by atoms with E-state index in [1.54, 1.807) is 14.2 Å². The summed E-state index contributed by atoms with van der Waals surface area (Å²) in [6, 6.07) is 0.388. The highest BCUT2D eigenvalue weighted by Gasteiger charge is 2.27. The average molecular weight is 304 g/mol. The van der Waals surface area contributed by atoms with Gasteiger partial charge in [0.1, 0.15) is 0 Å². The smallest absolute Gasteiger partial charge is 0.0611 e. The van der Waals surface area contributed by atoms with E-state index in [-0.39, 0.29) is 12.1 Å². The van der Waals surface area contributed by atoms with Gasteiger partial charge in [-0.1, -0.05) is 6.92 Å². The number of aliphatic hydroxyl groups excluding tert-OH is 1. The van der Waals surface area contributed by atoms with Crippen LogP contribution in [0.25, 0.3) is 0 Å². The largest absolute Gasteiger partial charge is 0.394 e. The van der Waals surface area contributed by atoms with Crippen molar-refractivity contribution in [3.8, 4) is 0 Å². The number of methoxy groups -OCH3 is 2. The molecule has 0 bridgehead atoms. The molecule has 0 heterocycles. The molecule has 5 nitrogen and oxygen atoms in total. The molecule has 0 fully saturated rings. The van der Waals surface area contributed by atoms with Crippen molar-refractivity contribution in [2.75, 3.05) is 53.7 Å². The van der Waals surface area contributed by atoms with E-state index in [0.717, 1.165) is 52.1 Å². The van der Waals surface area contributed by atoms with Crippen LogP contribution < -0.4 is 5.32 Å². The van der Waals surface area contributed by atoms with Gasteiger partial charge < -0.3 is 19.9 Å². The first-order chi connectivity index (χ1) is 10.0. The summed E-state index contributed by atoms with van der Waals surface area (Å²) >= 11 is 0. The maximum absolute atomic E-state index is 9.71. The Kier molecular flexibility index (Phi) is 12.2. The quantitative estimate of drug-likeness (QED) is 0.476. The molecule has 0 aromatic heterocycles. The average Bonchev–Trinajstić information content (AvgIpc) is 2.48. The molecule has 0 aromatic carbocycles. The summed E-state index contributed by atoms with van der Waals surface area (Å²) in [5.41, 5.74) is -0.220. The molecule has 0 saturated carbocycles. The highest BCUT2D eigenvalue weighted by molar-refractivity contribution is 4.87. The van der Waals surface area contributed by atoms with Gasteiger partial charge in [0.25, 0.3) is 0 Å². The lowest BCUT2D eigenvalue weighted by atomic mass is 9.93. The van der Waals surface area contributed by atoms with E-state index in [4.69, 9.17) is 9.47 Å². The van der Waals surface area contributed by atoms with Crippen molar-refractivity contribution in [2.45, 2.75) is 51.6 Å². The Bertz CT molecular complexity index is 242. The van der Waals surface area contributed by atoms with E-state index in [9.17, 15) is 5.11 Å². The van der Waals surface area contributed by atoms with Gasteiger partial charge in [0.2, 0.25) is 0 Å². The van der Waals surface area contributed by atoms with Crippen LogP contribution in [0.3, 0.4) is 0 Å². The van der Waals surface area contributed by atoms with Gasteiger partial charge in [-0.25, -0.2) is 0 Å². The third kappa shape index (κ3) is 9.42. The molecule has 2 N–H and O–H groups in total. The Labute approximate surface area is 131 Å². The molecule has 0 radical (unpaired) electrons. The highest BCUT2D eigenvalue weighted by Crippen LogP contribution is 2.16. The summed E-state index contributed by atoms with van der Waals surface area (Å²) in [5, 5.41) is 13.2. The van der Waals surface area contributed by atoms with Gasteiger partial charge >= 0.3 is 0 Å². The lowest BCUT2D eigenvalue weighted by molar-refractivity contribution is 0.0818. The number of nitrogens with one attached hydrogen (secondary N) is 1. The van der Waals surface area contributed by atoms with E-state index in [1.807, 2.05) is 0 Å². The molecule has 0 aliphatic carbocycles. The molecule has 0 amide bonds. The number of nitrogens with zero attached hydrogens (tertiary/aromatic N) is 1. The van der Waals surface area contributed by atoms with Gasteiger partial charge in [-0.3, -0.25) is 4.90 Å². The Morgan fingerprint density at radius 1 is 1.19 bits per heavy atom. The van der Waals surface area contributed by atoms with Crippen molar-refractivity contribution in [3.05, 3.63) is 0 Å². The topological polar surface area (TPSA) is 54.0 Å². The van der Waals surface area contributed by atoms with Crippen LogP contribution in [0, 0.1) is 0 Å². The molecule has 0 aromatic rings. The van der Waals surface area contributed by atoms with E-state index >= 15 is 0 Å². The molecule has 2 atom stereocenters. The first-order valence-corrected chi connectivity index (χ1v) is 8.10. The monoisotopic (exact) mass is 304 g/mol.